The molecule has 22 heavy (non-hydrogen) atoms. The zero-order valence-corrected chi connectivity index (χ0v) is 13.6. The maximum absolute atomic E-state index is 12.2. The number of likely N-dealkylation sites (tertiary alicyclic amines) is 1. The molecule has 1 aliphatic heterocycles. The van der Waals surface area contributed by atoms with E-state index in [9.17, 15) is 4.79 Å². The first-order valence-electron chi connectivity index (χ1n) is 7.25. The van der Waals surface area contributed by atoms with Crippen molar-refractivity contribution in [3.05, 3.63) is 35.7 Å². The summed E-state index contributed by atoms with van der Waals surface area (Å²) in [7, 11) is 0. The van der Waals surface area contributed by atoms with Crippen LogP contribution in [0.2, 0.25) is 0 Å². The van der Waals surface area contributed by atoms with E-state index in [1.54, 1.807) is 11.8 Å². The molecule has 1 fully saturated rings. The van der Waals surface area contributed by atoms with Crippen LogP contribution in [0.5, 0.6) is 0 Å². The van der Waals surface area contributed by atoms with Gasteiger partial charge < -0.3 is 4.90 Å². The number of H-pyrrole nitrogens is 1. The lowest BCUT2D eigenvalue weighted by molar-refractivity contribution is -0.138. The van der Waals surface area contributed by atoms with Crippen molar-refractivity contribution in [1.29, 1.82) is 0 Å². The van der Waals surface area contributed by atoms with Gasteiger partial charge in [-0.05, 0) is 37.3 Å². The summed E-state index contributed by atoms with van der Waals surface area (Å²) in [5, 5.41) is 14.1. The fourth-order valence-corrected chi connectivity index (χ4v) is 3.14. The fraction of sp³-hybridized carbons (Fsp3) is 0.467. The van der Waals surface area contributed by atoms with Crippen LogP contribution in [0, 0.1) is 0 Å². The largest absolute Gasteiger partial charge is 0.341 e. The Morgan fingerprint density at radius 2 is 2.09 bits per heavy atom. The van der Waals surface area contributed by atoms with Crippen molar-refractivity contribution in [2.45, 2.75) is 30.1 Å². The second kappa shape index (κ2) is 6.08. The van der Waals surface area contributed by atoms with Gasteiger partial charge >= 0.3 is 0 Å². The minimum atomic E-state index is -0.164. The molecular weight excluding hydrogens is 298 g/mol. The topological polar surface area (TPSA) is 74.8 Å². The number of aryl methyl sites for hydroxylation is 1. The van der Waals surface area contributed by atoms with Crippen LogP contribution in [0.25, 0.3) is 0 Å². The minimum Gasteiger partial charge on any atom is -0.341 e. The Morgan fingerprint density at radius 3 is 2.68 bits per heavy atom. The molecule has 0 unspecified atom stereocenters. The van der Waals surface area contributed by atoms with Gasteiger partial charge in [0.15, 0.2) is 5.82 Å². The van der Waals surface area contributed by atoms with Crippen LogP contribution in [0.4, 0.5) is 0 Å². The molecule has 1 saturated heterocycles. The van der Waals surface area contributed by atoms with Gasteiger partial charge in [-0.15, -0.1) is 22.0 Å². The van der Waals surface area contributed by atoms with Crippen molar-refractivity contribution in [3.63, 3.8) is 0 Å². The predicted octanol–water partition coefficient (Wildman–Crippen LogP) is 1.65. The van der Waals surface area contributed by atoms with Crippen LogP contribution in [0.15, 0.2) is 29.2 Å². The van der Waals surface area contributed by atoms with Crippen LogP contribution < -0.4 is 0 Å². The van der Waals surface area contributed by atoms with Crippen LogP contribution in [-0.2, 0) is 16.6 Å². The third-order valence-electron chi connectivity index (χ3n) is 4.10. The molecule has 1 aromatic heterocycles. The van der Waals surface area contributed by atoms with Crippen molar-refractivity contribution in [2.75, 3.05) is 19.3 Å². The van der Waals surface area contributed by atoms with Crippen molar-refractivity contribution in [1.82, 2.24) is 25.5 Å². The predicted molar refractivity (Wildman–Crippen MR) is 84.7 cm³/mol. The maximum atomic E-state index is 12.2. The van der Waals surface area contributed by atoms with Crippen LogP contribution in [0.3, 0.4) is 0 Å². The first kappa shape index (κ1) is 15.0. The normalized spacial score (nSPS) is 16.4. The Balaban J connectivity index is 1.49. The van der Waals surface area contributed by atoms with Gasteiger partial charge in [-0.1, -0.05) is 17.3 Å². The van der Waals surface area contributed by atoms with E-state index in [2.05, 4.69) is 58.1 Å². The number of thioether (sulfide) groups is 1. The Bertz CT molecular complexity index is 634. The van der Waals surface area contributed by atoms with Gasteiger partial charge in [0.05, 0.1) is 5.41 Å². The second-order valence-corrected chi connectivity index (χ2v) is 6.77. The number of nitrogens with one attached hydrogen (secondary N) is 1. The first-order valence-corrected chi connectivity index (χ1v) is 8.48. The number of aromatic amines is 1. The molecule has 1 amide bonds. The quantitative estimate of drug-likeness (QED) is 0.849. The van der Waals surface area contributed by atoms with Crippen molar-refractivity contribution in [2.24, 2.45) is 0 Å². The van der Waals surface area contributed by atoms with E-state index in [4.69, 9.17) is 0 Å². The summed E-state index contributed by atoms with van der Waals surface area (Å²) in [6.45, 7) is 3.39. The SMILES string of the molecule is CSc1ccc(CCC(=O)N2CC(C)(c3nn[nH]n3)C2)cc1. The Labute approximate surface area is 133 Å². The lowest BCUT2D eigenvalue weighted by atomic mass is 9.81. The van der Waals surface area contributed by atoms with E-state index in [0.717, 1.165) is 6.42 Å². The molecule has 7 heteroatoms. The van der Waals surface area contributed by atoms with Gasteiger partial charge in [0.25, 0.3) is 0 Å². The van der Waals surface area contributed by atoms with E-state index in [-0.39, 0.29) is 11.3 Å². The summed E-state index contributed by atoms with van der Waals surface area (Å²) in [6, 6.07) is 8.39. The highest BCUT2D eigenvalue weighted by Crippen LogP contribution is 2.31. The van der Waals surface area contributed by atoms with Crippen molar-refractivity contribution < 1.29 is 4.79 Å². The number of tetrazole rings is 1. The standard InChI is InChI=1S/C15H19N5OS/c1-15(14-16-18-19-17-14)9-20(10-15)13(21)8-5-11-3-6-12(22-2)7-4-11/h3-4,6-7H,5,8-10H2,1-2H3,(H,16,17,18,19). The van der Waals surface area contributed by atoms with E-state index in [1.165, 1.54) is 10.5 Å². The first-order chi connectivity index (χ1) is 10.6. The Morgan fingerprint density at radius 1 is 1.36 bits per heavy atom. The molecule has 0 saturated carbocycles. The van der Waals surface area contributed by atoms with Gasteiger partial charge in [0, 0.05) is 24.4 Å². The summed E-state index contributed by atoms with van der Waals surface area (Å²) in [6.07, 6.45) is 3.38. The highest BCUT2D eigenvalue weighted by molar-refractivity contribution is 7.98. The molecule has 0 bridgehead atoms. The van der Waals surface area contributed by atoms with Gasteiger partial charge in [-0.3, -0.25) is 4.79 Å². The molecule has 1 aliphatic rings. The summed E-state index contributed by atoms with van der Waals surface area (Å²) < 4.78 is 0. The maximum Gasteiger partial charge on any atom is 0.222 e. The molecule has 0 atom stereocenters. The summed E-state index contributed by atoms with van der Waals surface area (Å²) in [5.74, 6) is 0.874. The Kier molecular flexibility index (Phi) is 4.15. The number of hydrogen-bond acceptors (Lipinski definition) is 5. The van der Waals surface area contributed by atoms with Crippen molar-refractivity contribution in [3.8, 4) is 0 Å². The fourth-order valence-electron chi connectivity index (χ4n) is 2.73. The van der Waals surface area contributed by atoms with Gasteiger partial charge in [-0.25, -0.2) is 0 Å². The third kappa shape index (κ3) is 2.99. The van der Waals surface area contributed by atoms with Gasteiger partial charge in [0.1, 0.15) is 0 Å². The molecule has 1 N–H and O–H groups in total. The molecule has 2 heterocycles. The highest BCUT2D eigenvalue weighted by Gasteiger charge is 2.45. The second-order valence-electron chi connectivity index (χ2n) is 5.89. The number of amides is 1. The van der Waals surface area contributed by atoms with E-state index >= 15 is 0 Å². The Hall–Kier alpha value is -1.89. The minimum absolute atomic E-state index is 0.164. The molecule has 1 aromatic carbocycles. The zero-order chi connectivity index (χ0) is 15.6. The van der Waals surface area contributed by atoms with Crippen LogP contribution in [0.1, 0.15) is 24.7 Å². The van der Waals surface area contributed by atoms with Crippen molar-refractivity contribution >= 4 is 17.7 Å². The van der Waals surface area contributed by atoms with Gasteiger partial charge in [0.2, 0.25) is 5.91 Å². The number of carbonyl (C=O) groups excluding carboxylic acids is 1. The average molecular weight is 317 g/mol. The molecule has 6 nitrogen and oxygen atoms in total. The number of aromatic nitrogens is 4. The number of benzene rings is 1. The summed E-state index contributed by atoms with van der Waals surface area (Å²) >= 11 is 1.72. The molecule has 2 aromatic rings. The zero-order valence-electron chi connectivity index (χ0n) is 12.7. The lowest BCUT2D eigenvalue weighted by Crippen LogP contribution is -2.60. The summed E-state index contributed by atoms with van der Waals surface area (Å²) in [4.78, 5) is 15.3. The van der Waals surface area contributed by atoms with E-state index < -0.39 is 0 Å². The van der Waals surface area contributed by atoms with Crippen LogP contribution in [-0.4, -0.2) is 50.8 Å². The third-order valence-corrected chi connectivity index (χ3v) is 4.85. The molecule has 0 radical (unpaired) electrons. The highest BCUT2D eigenvalue weighted by atomic mass is 32.2. The van der Waals surface area contributed by atoms with Crippen LogP contribution >= 0.6 is 11.8 Å². The van der Waals surface area contributed by atoms with Gasteiger partial charge in [-0.2, -0.15) is 5.21 Å². The number of rotatable bonds is 5. The summed E-state index contributed by atoms with van der Waals surface area (Å²) in [5.41, 5.74) is 1.04. The lowest BCUT2D eigenvalue weighted by Gasteiger charge is -2.46. The number of hydrogen-bond donors (Lipinski definition) is 1. The molecule has 3 rings (SSSR count). The molecule has 116 valence electrons. The molecule has 0 aliphatic carbocycles. The average Bonchev–Trinajstić information content (AvgIpc) is 3.05. The number of nitrogens with zero attached hydrogens (tertiary/aromatic N) is 4. The monoisotopic (exact) mass is 317 g/mol. The molecule has 0 spiro atoms. The smallest absolute Gasteiger partial charge is 0.222 e. The molecular formula is C15H19N5OS. The number of carbonyl (C=O) groups is 1. The van der Waals surface area contributed by atoms with E-state index in [0.29, 0.717) is 25.3 Å². The van der Waals surface area contributed by atoms with E-state index in [1.807, 2.05) is 4.90 Å².